The minimum atomic E-state index is 0.147. The van der Waals surface area contributed by atoms with Crippen LogP contribution in [0.15, 0.2) is 18.7 Å². The van der Waals surface area contributed by atoms with Gasteiger partial charge in [0.1, 0.15) is 0 Å². The molecule has 0 unspecified atom stereocenters. The van der Waals surface area contributed by atoms with Gasteiger partial charge in [0.25, 0.3) is 0 Å². The van der Waals surface area contributed by atoms with Crippen molar-refractivity contribution in [1.82, 2.24) is 24.3 Å². The van der Waals surface area contributed by atoms with E-state index in [0.29, 0.717) is 17.9 Å². The fourth-order valence-corrected chi connectivity index (χ4v) is 5.06. The fraction of sp³-hybridized carbons (Fsp3) is 0.800. The van der Waals surface area contributed by atoms with Gasteiger partial charge in [-0.15, -0.1) is 0 Å². The Labute approximate surface area is 157 Å². The molecule has 1 atom stereocenters. The Morgan fingerprint density at radius 1 is 1.04 bits per heavy atom. The lowest BCUT2D eigenvalue weighted by Crippen LogP contribution is -2.53. The molecule has 4 rings (SSSR count). The van der Waals surface area contributed by atoms with Crippen molar-refractivity contribution in [1.29, 1.82) is 0 Å². The molecule has 0 aliphatic carbocycles. The first-order valence-corrected chi connectivity index (χ1v) is 10.4. The Morgan fingerprint density at radius 2 is 1.81 bits per heavy atom. The molecule has 1 amide bonds. The molecule has 0 N–H and O–H groups in total. The number of carbonyl (C=O) groups excluding carboxylic acids is 1. The fourth-order valence-electron chi connectivity index (χ4n) is 5.06. The summed E-state index contributed by atoms with van der Waals surface area (Å²) in [7, 11) is 2.21. The molecule has 0 bridgehead atoms. The molecule has 3 fully saturated rings. The van der Waals surface area contributed by atoms with E-state index >= 15 is 0 Å². The number of rotatable bonds is 4. The molecule has 0 spiro atoms. The summed E-state index contributed by atoms with van der Waals surface area (Å²) < 4.78 is 2.17. The quantitative estimate of drug-likeness (QED) is 0.821. The number of amides is 1. The molecular formula is C20H33N5O. The van der Waals surface area contributed by atoms with E-state index in [-0.39, 0.29) is 6.04 Å². The maximum Gasteiger partial charge on any atom is 0.239 e. The van der Waals surface area contributed by atoms with Crippen LogP contribution in [0.4, 0.5) is 0 Å². The van der Waals surface area contributed by atoms with Crippen molar-refractivity contribution in [3.05, 3.63) is 18.7 Å². The summed E-state index contributed by atoms with van der Waals surface area (Å²) >= 11 is 0. The standard InChI is InChI=1S/C20H33N5O/c1-22-10-6-18(7-11-22)25-9-2-3-19(25)20(26)24-12-4-17(5-13-24)15-23-14-8-21-16-23/h8,14,16-19H,2-7,9-13,15H2,1H3/t19-/m0/s1. The summed E-state index contributed by atoms with van der Waals surface area (Å²) in [5.41, 5.74) is 0. The second kappa shape index (κ2) is 8.09. The molecule has 1 aromatic heterocycles. The molecule has 144 valence electrons. The summed E-state index contributed by atoms with van der Waals surface area (Å²) in [4.78, 5) is 24.4. The van der Waals surface area contributed by atoms with Crippen molar-refractivity contribution < 1.29 is 4.79 Å². The number of aromatic nitrogens is 2. The Balaban J connectivity index is 1.30. The van der Waals surface area contributed by atoms with Gasteiger partial charge in [0.2, 0.25) is 5.91 Å². The van der Waals surface area contributed by atoms with E-state index < -0.39 is 0 Å². The van der Waals surface area contributed by atoms with E-state index in [1.54, 1.807) is 0 Å². The Hall–Kier alpha value is -1.40. The predicted octanol–water partition coefficient (Wildman–Crippen LogP) is 1.68. The second-order valence-corrected chi connectivity index (χ2v) is 8.46. The van der Waals surface area contributed by atoms with Gasteiger partial charge in [-0.25, -0.2) is 4.98 Å². The van der Waals surface area contributed by atoms with Crippen LogP contribution in [0.2, 0.25) is 0 Å². The number of imidazole rings is 1. The largest absolute Gasteiger partial charge is 0.341 e. The van der Waals surface area contributed by atoms with Crippen molar-refractivity contribution in [3.8, 4) is 0 Å². The molecule has 0 saturated carbocycles. The van der Waals surface area contributed by atoms with Crippen LogP contribution < -0.4 is 0 Å². The molecule has 0 aromatic carbocycles. The number of piperidine rings is 2. The summed E-state index contributed by atoms with van der Waals surface area (Å²) in [6.45, 7) is 6.34. The van der Waals surface area contributed by atoms with Crippen LogP contribution in [0.5, 0.6) is 0 Å². The monoisotopic (exact) mass is 359 g/mol. The zero-order valence-corrected chi connectivity index (χ0v) is 16.1. The number of hydrogen-bond acceptors (Lipinski definition) is 4. The van der Waals surface area contributed by atoms with Gasteiger partial charge in [-0.1, -0.05) is 0 Å². The summed E-state index contributed by atoms with van der Waals surface area (Å²) in [5.74, 6) is 1.07. The minimum Gasteiger partial charge on any atom is -0.341 e. The molecule has 6 nitrogen and oxygen atoms in total. The third kappa shape index (κ3) is 3.96. The van der Waals surface area contributed by atoms with E-state index in [9.17, 15) is 4.79 Å². The van der Waals surface area contributed by atoms with Gasteiger partial charge in [0.05, 0.1) is 12.4 Å². The van der Waals surface area contributed by atoms with Crippen molar-refractivity contribution in [2.24, 2.45) is 5.92 Å². The van der Waals surface area contributed by atoms with Crippen LogP contribution in [-0.2, 0) is 11.3 Å². The number of hydrogen-bond donors (Lipinski definition) is 0. The molecule has 4 heterocycles. The Morgan fingerprint density at radius 3 is 2.50 bits per heavy atom. The zero-order valence-electron chi connectivity index (χ0n) is 16.1. The molecule has 6 heteroatoms. The van der Waals surface area contributed by atoms with Crippen molar-refractivity contribution in [2.75, 3.05) is 39.8 Å². The second-order valence-electron chi connectivity index (χ2n) is 8.46. The van der Waals surface area contributed by atoms with Gasteiger partial charge in [-0.2, -0.15) is 0 Å². The van der Waals surface area contributed by atoms with E-state index in [1.165, 1.54) is 32.4 Å². The van der Waals surface area contributed by atoms with Gasteiger partial charge in [-0.3, -0.25) is 9.69 Å². The summed E-state index contributed by atoms with van der Waals surface area (Å²) in [6.07, 6.45) is 12.7. The molecular weight excluding hydrogens is 326 g/mol. The van der Waals surface area contributed by atoms with Crippen LogP contribution in [0.1, 0.15) is 38.5 Å². The Bertz CT molecular complexity index is 573. The van der Waals surface area contributed by atoms with Gasteiger partial charge in [-0.05, 0) is 71.1 Å². The molecule has 3 saturated heterocycles. The summed E-state index contributed by atoms with van der Waals surface area (Å²) in [5, 5.41) is 0. The number of nitrogens with zero attached hydrogens (tertiary/aromatic N) is 5. The minimum absolute atomic E-state index is 0.147. The zero-order chi connectivity index (χ0) is 17.9. The molecule has 3 aliphatic rings. The first-order chi connectivity index (χ1) is 12.7. The highest BCUT2D eigenvalue weighted by Gasteiger charge is 2.38. The third-order valence-corrected chi connectivity index (χ3v) is 6.69. The maximum absolute atomic E-state index is 13.2. The lowest BCUT2D eigenvalue weighted by molar-refractivity contribution is -0.138. The van der Waals surface area contributed by atoms with Crippen LogP contribution >= 0.6 is 0 Å². The highest BCUT2D eigenvalue weighted by molar-refractivity contribution is 5.82. The van der Waals surface area contributed by atoms with Gasteiger partial charge in [0, 0.05) is 38.1 Å². The topological polar surface area (TPSA) is 44.6 Å². The highest BCUT2D eigenvalue weighted by Crippen LogP contribution is 2.28. The average molecular weight is 360 g/mol. The smallest absolute Gasteiger partial charge is 0.239 e. The lowest BCUT2D eigenvalue weighted by atomic mass is 9.95. The van der Waals surface area contributed by atoms with E-state index in [4.69, 9.17) is 0 Å². The first kappa shape index (κ1) is 18.0. The van der Waals surface area contributed by atoms with E-state index in [0.717, 1.165) is 45.4 Å². The normalized spacial score (nSPS) is 27.3. The van der Waals surface area contributed by atoms with Gasteiger partial charge in [0.15, 0.2) is 0 Å². The van der Waals surface area contributed by atoms with Gasteiger partial charge < -0.3 is 14.4 Å². The van der Waals surface area contributed by atoms with Crippen LogP contribution in [0, 0.1) is 5.92 Å². The maximum atomic E-state index is 13.2. The number of carbonyl (C=O) groups is 1. The van der Waals surface area contributed by atoms with Crippen LogP contribution in [0.3, 0.4) is 0 Å². The predicted molar refractivity (Wildman–Crippen MR) is 102 cm³/mol. The molecule has 3 aliphatic heterocycles. The van der Waals surface area contributed by atoms with E-state index in [2.05, 4.69) is 31.3 Å². The molecule has 1 aromatic rings. The van der Waals surface area contributed by atoms with Crippen molar-refractivity contribution in [3.63, 3.8) is 0 Å². The third-order valence-electron chi connectivity index (χ3n) is 6.69. The van der Waals surface area contributed by atoms with Crippen LogP contribution in [0.25, 0.3) is 0 Å². The molecule has 0 radical (unpaired) electrons. The van der Waals surface area contributed by atoms with Crippen molar-refractivity contribution in [2.45, 2.75) is 57.2 Å². The SMILES string of the molecule is CN1CCC(N2CCC[C@H]2C(=O)N2CCC(Cn3ccnc3)CC2)CC1. The van der Waals surface area contributed by atoms with Crippen molar-refractivity contribution >= 4 is 5.91 Å². The van der Waals surface area contributed by atoms with Gasteiger partial charge >= 0.3 is 0 Å². The molecule has 26 heavy (non-hydrogen) atoms. The van der Waals surface area contributed by atoms with Crippen LogP contribution in [-0.4, -0.2) is 82.0 Å². The number of likely N-dealkylation sites (tertiary alicyclic amines) is 3. The first-order valence-electron chi connectivity index (χ1n) is 10.4. The summed E-state index contributed by atoms with van der Waals surface area (Å²) in [6, 6.07) is 0.759. The Kier molecular flexibility index (Phi) is 5.60. The average Bonchev–Trinajstić information content (AvgIpc) is 3.34. The lowest BCUT2D eigenvalue weighted by Gasteiger charge is -2.40. The highest BCUT2D eigenvalue weighted by atomic mass is 16.2. The van der Waals surface area contributed by atoms with E-state index in [1.807, 2.05) is 18.7 Å².